The molecule has 1 amide bonds. The number of rotatable bonds is 7. The third kappa shape index (κ3) is 4.77. The van der Waals surface area contributed by atoms with Crippen molar-refractivity contribution in [3.8, 4) is 0 Å². The lowest BCUT2D eigenvalue weighted by Crippen LogP contribution is -2.13. The van der Waals surface area contributed by atoms with Crippen LogP contribution >= 0.6 is 11.6 Å². The van der Waals surface area contributed by atoms with Crippen LogP contribution in [0, 0.1) is 5.92 Å². The fraction of sp³-hybridized carbons (Fsp3) is 0.250. The van der Waals surface area contributed by atoms with Crippen LogP contribution in [0.3, 0.4) is 0 Å². The Hall–Kier alpha value is -2.46. The van der Waals surface area contributed by atoms with E-state index in [1.807, 2.05) is 0 Å². The molecule has 2 aromatic rings. The number of benzene rings is 2. The molecule has 4 nitrogen and oxygen atoms in total. The highest BCUT2D eigenvalue weighted by atomic mass is 35.5. The van der Waals surface area contributed by atoms with Gasteiger partial charge in [-0.1, -0.05) is 23.7 Å². The van der Waals surface area contributed by atoms with Gasteiger partial charge in [0.15, 0.2) is 11.6 Å². The molecule has 0 unspecified atom stereocenters. The molecule has 25 heavy (non-hydrogen) atoms. The van der Waals surface area contributed by atoms with Gasteiger partial charge in [-0.3, -0.25) is 14.4 Å². The Morgan fingerprint density at radius 3 is 2.32 bits per heavy atom. The van der Waals surface area contributed by atoms with Crippen molar-refractivity contribution in [1.29, 1.82) is 0 Å². The number of anilines is 1. The van der Waals surface area contributed by atoms with Gasteiger partial charge in [-0.2, -0.15) is 0 Å². The zero-order valence-electron chi connectivity index (χ0n) is 13.6. The van der Waals surface area contributed by atoms with Crippen molar-refractivity contribution in [2.24, 2.45) is 5.92 Å². The number of halogens is 1. The quantitative estimate of drug-likeness (QED) is 0.742. The predicted molar refractivity (Wildman–Crippen MR) is 97.1 cm³/mol. The zero-order chi connectivity index (χ0) is 17.8. The number of Topliss-reactive ketones (excluding diaryl/α,β-unsaturated/α-hetero) is 2. The molecule has 5 heteroatoms. The third-order valence-corrected chi connectivity index (χ3v) is 4.36. The second-order valence-corrected chi connectivity index (χ2v) is 6.63. The first kappa shape index (κ1) is 17.4. The Balaban J connectivity index is 1.50. The van der Waals surface area contributed by atoms with E-state index in [0.717, 1.165) is 12.8 Å². The minimum absolute atomic E-state index is 0.0914. The first-order chi connectivity index (χ1) is 12.0. The molecule has 1 saturated carbocycles. The number of hydrogen-bond donors (Lipinski definition) is 1. The van der Waals surface area contributed by atoms with Crippen LogP contribution in [0.4, 0.5) is 5.69 Å². The second-order valence-electron chi connectivity index (χ2n) is 6.20. The Kier molecular flexibility index (Phi) is 5.29. The summed E-state index contributed by atoms with van der Waals surface area (Å²) in [6.07, 6.45) is 2.15. The van der Waals surface area contributed by atoms with E-state index in [-0.39, 0.29) is 36.2 Å². The lowest BCUT2D eigenvalue weighted by atomic mass is 10.1. The highest BCUT2D eigenvalue weighted by Crippen LogP contribution is 2.32. The van der Waals surface area contributed by atoms with Crippen LogP contribution in [0.1, 0.15) is 46.4 Å². The summed E-state index contributed by atoms with van der Waals surface area (Å²) in [4.78, 5) is 36.0. The lowest BCUT2D eigenvalue weighted by Gasteiger charge is -2.06. The second kappa shape index (κ2) is 7.62. The number of amides is 1. The van der Waals surface area contributed by atoms with Crippen molar-refractivity contribution in [1.82, 2.24) is 0 Å². The van der Waals surface area contributed by atoms with Crippen LogP contribution in [0.15, 0.2) is 48.5 Å². The average molecular weight is 356 g/mol. The Morgan fingerprint density at radius 2 is 1.68 bits per heavy atom. The Labute approximate surface area is 151 Å². The van der Waals surface area contributed by atoms with Gasteiger partial charge in [-0.15, -0.1) is 0 Å². The van der Waals surface area contributed by atoms with Gasteiger partial charge in [0.25, 0.3) is 0 Å². The topological polar surface area (TPSA) is 63.2 Å². The maximum atomic E-state index is 12.1. The molecule has 0 bridgehead atoms. The summed E-state index contributed by atoms with van der Waals surface area (Å²) in [5, 5.41) is 3.24. The highest BCUT2D eigenvalue weighted by Gasteiger charge is 2.30. The summed E-state index contributed by atoms with van der Waals surface area (Å²) in [6, 6.07) is 13.6. The lowest BCUT2D eigenvalue weighted by molar-refractivity contribution is -0.116. The van der Waals surface area contributed by atoms with Gasteiger partial charge < -0.3 is 5.32 Å². The van der Waals surface area contributed by atoms with Crippen molar-refractivity contribution >= 4 is 34.8 Å². The molecule has 0 saturated heterocycles. The molecule has 128 valence electrons. The Bertz CT molecular complexity index is 810. The van der Waals surface area contributed by atoms with Crippen LogP contribution in [0.2, 0.25) is 5.02 Å². The Morgan fingerprint density at radius 1 is 0.960 bits per heavy atom. The minimum atomic E-state index is -0.239. The summed E-state index contributed by atoms with van der Waals surface area (Å²) in [5.74, 6) is -0.0115. The van der Waals surface area contributed by atoms with E-state index in [1.165, 1.54) is 0 Å². The summed E-state index contributed by atoms with van der Waals surface area (Å²) >= 11 is 5.86. The molecule has 0 atom stereocenters. The molecular weight excluding hydrogens is 338 g/mol. The van der Waals surface area contributed by atoms with E-state index in [0.29, 0.717) is 21.8 Å². The van der Waals surface area contributed by atoms with Crippen LogP contribution in [-0.2, 0) is 4.79 Å². The molecule has 1 aliphatic carbocycles. The van der Waals surface area contributed by atoms with E-state index in [1.54, 1.807) is 48.5 Å². The minimum Gasteiger partial charge on any atom is -0.326 e. The largest absolute Gasteiger partial charge is 0.326 e. The van der Waals surface area contributed by atoms with Crippen molar-refractivity contribution in [2.45, 2.75) is 25.7 Å². The monoisotopic (exact) mass is 355 g/mol. The number of carbonyl (C=O) groups is 3. The number of ketones is 2. The first-order valence-corrected chi connectivity index (χ1v) is 8.63. The molecule has 0 heterocycles. The SMILES string of the molecule is O=C(CCC(=O)c1cccc(Cl)c1)Nc1ccc(C(=O)C2CC2)cc1. The van der Waals surface area contributed by atoms with Gasteiger partial charge in [-0.25, -0.2) is 0 Å². The molecule has 2 aromatic carbocycles. The number of nitrogens with one attached hydrogen (secondary N) is 1. The smallest absolute Gasteiger partial charge is 0.224 e. The fourth-order valence-corrected chi connectivity index (χ4v) is 2.75. The van der Waals surface area contributed by atoms with Gasteiger partial charge >= 0.3 is 0 Å². The maximum Gasteiger partial charge on any atom is 0.224 e. The maximum absolute atomic E-state index is 12.1. The van der Waals surface area contributed by atoms with E-state index < -0.39 is 0 Å². The van der Waals surface area contributed by atoms with E-state index in [4.69, 9.17) is 11.6 Å². The molecule has 1 fully saturated rings. The van der Waals surface area contributed by atoms with Gasteiger partial charge in [0.2, 0.25) is 5.91 Å². The van der Waals surface area contributed by atoms with Crippen LogP contribution in [0.5, 0.6) is 0 Å². The number of hydrogen-bond acceptors (Lipinski definition) is 3. The van der Waals surface area contributed by atoms with Crippen LogP contribution in [0.25, 0.3) is 0 Å². The van der Waals surface area contributed by atoms with Crippen molar-refractivity contribution in [3.63, 3.8) is 0 Å². The molecule has 1 aliphatic rings. The molecular formula is C20H18ClNO3. The molecule has 0 spiro atoms. The zero-order valence-corrected chi connectivity index (χ0v) is 14.4. The molecule has 1 N–H and O–H groups in total. The van der Waals surface area contributed by atoms with Gasteiger partial charge in [0.1, 0.15) is 0 Å². The van der Waals surface area contributed by atoms with E-state index in [2.05, 4.69) is 5.32 Å². The normalized spacial score (nSPS) is 13.3. The van der Waals surface area contributed by atoms with Gasteiger partial charge in [0, 0.05) is 40.6 Å². The third-order valence-electron chi connectivity index (χ3n) is 4.13. The number of carbonyl (C=O) groups excluding carboxylic acids is 3. The summed E-state index contributed by atoms with van der Waals surface area (Å²) in [5.41, 5.74) is 1.80. The van der Waals surface area contributed by atoms with Crippen molar-refractivity contribution in [3.05, 3.63) is 64.7 Å². The summed E-state index contributed by atoms with van der Waals surface area (Å²) in [6.45, 7) is 0. The first-order valence-electron chi connectivity index (χ1n) is 8.26. The fourth-order valence-electron chi connectivity index (χ4n) is 2.56. The highest BCUT2D eigenvalue weighted by molar-refractivity contribution is 6.31. The molecule has 0 radical (unpaired) electrons. The predicted octanol–water partition coefficient (Wildman–Crippen LogP) is 4.53. The van der Waals surface area contributed by atoms with Gasteiger partial charge in [-0.05, 0) is 49.2 Å². The average Bonchev–Trinajstić information content (AvgIpc) is 3.45. The summed E-state index contributed by atoms with van der Waals surface area (Å²) in [7, 11) is 0. The van der Waals surface area contributed by atoms with Crippen LogP contribution in [-0.4, -0.2) is 17.5 Å². The van der Waals surface area contributed by atoms with Crippen molar-refractivity contribution in [2.75, 3.05) is 5.32 Å². The van der Waals surface area contributed by atoms with Gasteiger partial charge in [0.05, 0.1) is 0 Å². The van der Waals surface area contributed by atoms with Crippen LogP contribution < -0.4 is 5.32 Å². The summed E-state index contributed by atoms with van der Waals surface area (Å²) < 4.78 is 0. The molecule has 0 aliphatic heterocycles. The standard InChI is InChI=1S/C20H18ClNO3/c21-16-3-1-2-15(12-16)18(23)10-11-19(24)22-17-8-6-14(7-9-17)20(25)13-4-5-13/h1-3,6-9,12-13H,4-5,10-11H2,(H,22,24). The molecule has 0 aromatic heterocycles. The van der Waals surface area contributed by atoms with E-state index in [9.17, 15) is 14.4 Å². The van der Waals surface area contributed by atoms with Crippen molar-refractivity contribution < 1.29 is 14.4 Å². The molecule has 3 rings (SSSR count). The van der Waals surface area contributed by atoms with E-state index >= 15 is 0 Å².